The number of methoxy groups -OCH3 is 1. The molecule has 0 radical (unpaired) electrons. The molecule has 0 saturated heterocycles. The number of rotatable bonds is 2. The summed E-state index contributed by atoms with van der Waals surface area (Å²) in [4.78, 5) is 11.6. The second kappa shape index (κ2) is 5.41. The van der Waals surface area contributed by atoms with E-state index in [2.05, 4.69) is 13.8 Å². The van der Waals surface area contributed by atoms with Crippen LogP contribution < -0.4 is 0 Å². The van der Waals surface area contributed by atoms with E-state index in [9.17, 15) is 4.79 Å². The van der Waals surface area contributed by atoms with E-state index in [1.165, 1.54) is 32.8 Å². The Bertz CT molecular complexity index is 272. The minimum Gasteiger partial charge on any atom is -0.469 e. The first-order valence-corrected chi connectivity index (χ1v) is 7.19. The van der Waals surface area contributed by atoms with E-state index in [1.54, 1.807) is 0 Å². The van der Waals surface area contributed by atoms with Crippen LogP contribution in [0.1, 0.15) is 52.4 Å². The number of carbonyl (C=O) groups excluding carboxylic acids is 1. The zero-order valence-electron chi connectivity index (χ0n) is 11.4. The Labute approximate surface area is 105 Å². The predicted octanol–water partition coefficient (Wildman–Crippen LogP) is 3.65. The van der Waals surface area contributed by atoms with Crippen molar-refractivity contribution in [1.29, 1.82) is 0 Å². The van der Waals surface area contributed by atoms with Crippen molar-refractivity contribution in [2.75, 3.05) is 7.11 Å². The van der Waals surface area contributed by atoms with Gasteiger partial charge in [-0.1, -0.05) is 13.8 Å². The minimum atomic E-state index is 0.0226. The molecule has 0 aromatic carbocycles. The standard InChI is InChI=1S/C15H26O2/c1-10(2)11-4-5-13-9-14(15(16)17-3)7-6-12(13)8-11/h10-14H,4-9H2,1-3H3. The van der Waals surface area contributed by atoms with Crippen LogP contribution in [0.5, 0.6) is 0 Å². The molecule has 17 heavy (non-hydrogen) atoms. The second-order valence-electron chi connectivity index (χ2n) is 6.37. The van der Waals surface area contributed by atoms with Gasteiger partial charge in [0.25, 0.3) is 0 Å². The zero-order valence-corrected chi connectivity index (χ0v) is 11.4. The molecule has 2 aliphatic carbocycles. The molecule has 2 rings (SSSR count). The maximum Gasteiger partial charge on any atom is 0.308 e. The van der Waals surface area contributed by atoms with E-state index in [-0.39, 0.29) is 11.9 Å². The number of fused-ring (bicyclic) bond motifs is 1. The molecule has 2 heteroatoms. The molecule has 0 spiro atoms. The van der Waals surface area contributed by atoms with Gasteiger partial charge in [0.1, 0.15) is 0 Å². The first kappa shape index (κ1) is 12.9. The number of ether oxygens (including phenoxy) is 1. The third-order valence-electron chi connectivity index (χ3n) is 5.13. The summed E-state index contributed by atoms with van der Waals surface area (Å²) in [5.41, 5.74) is 0. The number of hydrogen-bond acceptors (Lipinski definition) is 2. The fraction of sp³-hybridized carbons (Fsp3) is 0.933. The number of hydrogen-bond donors (Lipinski definition) is 0. The molecule has 4 atom stereocenters. The van der Waals surface area contributed by atoms with Crippen molar-refractivity contribution in [2.24, 2.45) is 29.6 Å². The molecule has 0 heterocycles. The number of esters is 1. The van der Waals surface area contributed by atoms with Gasteiger partial charge in [0.05, 0.1) is 13.0 Å². The van der Waals surface area contributed by atoms with Crippen LogP contribution in [-0.4, -0.2) is 13.1 Å². The van der Waals surface area contributed by atoms with Gasteiger partial charge in [0.2, 0.25) is 0 Å². The normalized spacial score (nSPS) is 37.6. The van der Waals surface area contributed by atoms with Crippen molar-refractivity contribution in [3.05, 3.63) is 0 Å². The van der Waals surface area contributed by atoms with Crippen LogP contribution >= 0.6 is 0 Å². The molecule has 98 valence electrons. The van der Waals surface area contributed by atoms with Gasteiger partial charge >= 0.3 is 5.97 Å². The molecule has 0 aromatic rings. The predicted molar refractivity (Wildman–Crippen MR) is 68.5 cm³/mol. The quantitative estimate of drug-likeness (QED) is 0.686. The minimum absolute atomic E-state index is 0.0226. The molecule has 2 nitrogen and oxygen atoms in total. The molecule has 0 N–H and O–H groups in total. The van der Waals surface area contributed by atoms with Crippen molar-refractivity contribution in [1.82, 2.24) is 0 Å². The van der Waals surface area contributed by atoms with Gasteiger partial charge in [-0.3, -0.25) is 4.79 Å². The smallest absolute Gasteiger partial charge is 0.308 e. The largest absolute Gasteiger partial charge is 0.469 e. The SMILES string of the molecule is COC(=O)C1CCC2CC(C(C)C)CCC2C1. The van der Waals surface area contributed by atoms with E-state index in [0.717, 1.165) is 36.5 Å². The Morgan fingerprint density at radius 1 is 1.06 bits per heavy atom. The van der Waals surface area contributed by atoms with Crippen molar-refractivity contribution in [2.45, 2.75) is 52.4 Å². The van der Waals surface area contributed by atoms with Crippen molar-refractivity contribution < 1.29 is 9.53 Å². The monoisotopic (exact) mass is 238 g/mol. The third-order valence-corrected chi connectivity index (χ3v) is 5.13. The highest BCUT2D eigenvalue weighted by atomic mass is 16.5. The van der Waals surface area contributed by atoms with Crippen LogP contribution in [0.4, 0.5) is 0 Å². The molecule has 2 fully saturated rings. The van der Waals surface area contributed by atoms with Crippen LogP contribution in [0.25, 0.3) is 0 Å². The lowest BCUT2D eigenvalue weighted by atomic mass is 9.63. The fourth-order valence-corrected chi connectivity index (χ4v) is 3.91. The van der Waals surface area contributed by atoms with Gasteiger partial charge in [0, 0.05) is 0 Å². The highest BCUT2D eigenvalue weighted by Gasteiger charge is 2.38. The van der Waals surface area contributed by atoms with E-state index in [4.69, 9.17) is 4.74 Å². The Morgan fingerprint density at radius 3 is 2.35 bits per heavy atom. The van der Waals surface area contributed by atoms with E-state index in [1.807, 2.05) is 0 Å². The highest BCUT2D eigenvalue weighted by molar-refractivity contribution is 5.72. The van der Waals surface area contributed by atoms with E-state index < -0.39 is 0 Å². The average Bonchev–Trinajstić information content (AvgIpc) is 2.36. The topological polar surface area (TPSA) is 26.3 Å². The van der Waals surface area contributed by atoms with Gasteiger partial charge in [-0.2, -0.15) is 0 Å². The van der Waals surface area contributed by atoms with Gasteiger partial charge in [-0.15, -0.1) is 0 Å². The fourth-order valence-electron chi connectivity index (χ4n) is 3.91. The summed E-state index contributed by atoms with van der Waals surface area (Å²) in [6.45, 7) is 4.70. The molecule has 0 aliphatic heterocycles. The van der Waals surface area contributed by atoms with Gasteiger partial charge < -0.3 is 4.74 Å². The maximum atomic E-state index is 11.6. The maximum absolute atomic E-state index is 11.6. The van der Waals surface area contributed by atoms with Crippen molar-refractivity contribution in [3.8, 4) is 0 Å². The van der Waals surface area contributed by atoms with Gasteiger partial charge in [-0.05, 0) is 62.2 Å². The first-order chi connectivity index (χ1) is 8.11. The van der Waals surface area contributed by atoms with Crippen molar-refractivity contribution in [3.63, 3.8) is 0 Å². The number of carbonyl (C=O) groups is 1. The van der Waals surface area contributed by atoms with Gasteiger partial charge in [-0.25, -0.2) is 0 Å². The lowest BCUT2D eigenvalue weighted by Crippen LogP contribution is -2.35. The highest BCUT2D eigenvalue weighted by Crippen LogP contribution is 2.46. The van der Waals surface area contributed by atoms with Crippen LogP contribution in [0.2, 0.25) is 0 Å². The molecule has 2 saturated carbocycles. The molecular weight excluding hydrogens is 212 g/mol. The summed E-state index contributed by atoms with van der Waals surface area (Å²) >= 11 is 0. The summed E-state index contributed by atoms with van der Waals surface area (Å²) in [6.07, 6.45) is 7.48. The first-order valence-electron chi connectivity index (χ1n) is 7.19. The summed E-state index contributed by atoms with van der Waals surface area (Å²) < 4.78 is 4.89. The Morgan fingerprint density at radius 2 is 1.71 bits per heavy atom. The summed E-state index contributed by atoms with van der Waals surface area (Å²) in [5, 5.41) is 0. The van der Waals surface area contributed by atoms with E-state index >= 15 is 0 Å². The molecule has 0 aromatic heterocycles. The third kappa shape index (κ3) is 2.83. The molecule has 0 bridgehead atoms. The Kier molecular flexibility index (Phi) is 4.11. The van der Waals surface area contributed by atoms with E-state index in [0.29, 0.717) is 0 Å². The Balaban J connectivity index is 1.90. The molecule has 4 unspecified atom stereocenters. The average molecular weight is 238 g/mol. The summed E-state index contributed by atoms with van der Waals surface area (Å²) in [5.74, 6) is 3.64. The summed E-state index contributed by atoms with van der Waals surface area (Å²) in [7, 11) is 1.52. The van der Waals surface area contributed by atoms with Crippen LogP contribution in [0, 0.1) is 29.6 Å². The molecule has 2 aliphatic rings. The van der Waals surface area contributed by atoms with Crippen molar-refractivity contribution >= 4 is 5.97 Å². The Hall–Kier alpha value is -0.530. The summed E-state index contributed by atoms with van der Waals surface area (Å²) in [6, 6.07) is 0. The second-order valence-corrected chi connectivity index (χ2v) is 6.37. The molecule has 0 amide bonds. The lowest BCUT2D eigenvalue weighted by molar-refractivity contribution is -0.148. The van der Waals surface area contributed by atoms with Crippen LogP contribution in [-0.2, 0) is 9.53 Å². The van der Waals surface area contributed by atoms with Crippen LogP contribution in [0.15, 0.2) is 0 Å². The van der Waals surface area contributed by atoms with Crippen LogP contribution in [0.3, 0.4) is 0 Å². The zero-order chi connectivity index (χ0) is 12.4. The molecular formula is C15H26O2. The lowest BCUT2D eigenvalue weighted by Gasteiger charge is -2.42. The van der Waals surface area contributed by atoms with Gasteiger partial charge in [0.15, 0.2) is 0 Å².